The van der Waals surface area contributed by atoms with Crippen LogP contribution in [0.1, 0.15) is 52.7 Å². The van der Waals surface area contributed by atoms with Gasteiger partial charge in [0.1, 0.15) is 17.1 Å². The fourth-order valence-electron chi connectivity index (χ4n) is 2.13. The van der Waals surface area contributed by atoms with Crippen LogP contribution in [0.4, 0.5) is 8.78 Å². The van der Waals surface area contributed by atoms with Crippen molar-refractivity contribution >= 4 is 13.2 Å². The molecule has 2 rings (SSSR count). The molecule has 0 radical (unpaired) electrons. The van der Waals surface area contributed by atoms with E-state index in [4.69, 9.17) is 9.31 Å². The molecule has 0 unspecified atom stereocenters. The predicted molar refractivity (Wildman–Crippen MR) is 94.7 cm³/mol. The Balaban J connectivity index is 2.28. The summed E-state index contributed by atoms with van der Waals surface area (Å²) in [6, 6.07) is 4.06. The minimum Gasteiger partial charge on any atom is -0.398 e. The third-order valence-electron chi connectivity index (χ3n) is 4.28. The summed E-state index contributed by atoms with van der Waals surface area (Å²) >= 11 is 0. The lowest BCUT2D eigenvalue weighted by Gasteiger charge is -2.32. The molecule has 6 heteroatoms. The Hall–Kier alpha value is -1.68. The summed E-state index contributed by atoms with van der Waals surface area (Å²) in [6.07, 6.45) is 1.23. The Kier molecular flexibility index (Phi) is 5.16. The average Bonchev–Trinajstić information content (AvgIpc) is 2.67. The molecule has 0 aliphatic carbocycles. The van der Waals surface area contributed by atoms with E-state index in [1.165, 1.54) is 38.1 Å². The second kappa shape index (κ2) is 6.56. The van der Waals surface area contributed by atoms with Crippen LogP contribution in [0.3, 0.4) is 0 Å². The first-order valence-electron chi connectivity index (χ1n) is 8.09. The molecule has 0 aromatic heterocycles. The first-order valence-corrected chi connectivity index (χ1v) is 8.09. The van der Waals surface area contributed by atoms with Gasteiger partial charge in [-0.2, -0.15) is 0 Å². The van der Waals surface area contributed by atoms with Crippen molar-refractivity contribution in [2.45, 2.75) is 58.3 Å². The third-order valence-corrected chi connectivity index (χ3v) is 4.28. The molecule has 0 amide bonds. The molecule has 0 spiro atoms. The van der Waals surface area contributed by atoms with E-state index >= 15 is 0 Å². The average molecular weight is 348 g/mol. The Bertz CT molecular complexity index is 736. The van der Waals surface area contributed by atoms with Crippen LogP contribution in [0, 0.1) is 17.7 Å². The topological polar surface area (TPSA) is 38.7 Å². The summed E-state index contributed by atoms with van der Waals surface area (Å²) in [7, 11) is -1.11. The Morgan fingerprint density at radius 2 is 1.76 bits per heavy atom. The summed E-state index contributed by atoms with van der Waals surface area (Å²) in [5.41, 5.74) is -2.63. The van der Waals surface area contributed by atoms with Crippen molar-refractivity contribution in [2.24, 2.45) is 0 Å². The zero-order valence-corrected chi connectivity index (χ0v) is 15.4. The zero-order chi connectivity index (χ0) is 19.0. The van der Waals surface area contributed by atoms with Gasteiger partial charge in [0, 0.05) is 0 Å². The monoisotopic (exact) mass is 348 g/mol. The zero-order valence-electron chi connectivity index (χ0n) is 15.4. The minimum atomic E-state index is -1.24. The molecular formula is C19H23BF2O3. The lowest BCUT2D eigenvalue weighted by atomic mass is 9.86. The Labute approximate surface area is 148 Å². The molecule has 1 aromatic carbocycles. The standard InChI is InChI=1S/C19H23BF2O3/c1-17(2,23)10-9-14-11-13(7-8-15(14)21)12-16(22)20-24-18(3,4)19(5,6)25-20/h7-8,11-12,23H,1-6H3. The van der Waals surface area contributed by atoms with Crippen LogP contribution in [0.2, 0.25) is 0 Å². The number of hydrogen-bond donors (Lipinski definition) is 1. The number of halogens is 2. The first-order chi connectivity index (χ1) is 11.3. The number of benzene rings is 1. The highest BCUT2D eigenvalue weighted by molar-refractivity contribution is 6.54. The third kappa shape index (κ3) is 4.69. The predicted octanol–water partition coefficient (Wildman–Crippen LogP) is 3.89. The molecule has 1 saturated heterocycles. The van der Waals surface area contributed by atoms with Gasteiger partial charge in [-0.25, -0.2) is 8.78 Å². The second-order valence-electron chi connectivity index (χ2n) is 7.67. The van der Waals surface area contributed by atoms with Crippen LogP contribution >= 0.6 is 0 Å². The van der Waals surface area contributed by atoms with Gasteiger partial charge in [0.15, 0.2) is 0 Å². The fraction of sp³-hybridized carbons (Fsp3) is 0.474. The van der Waals surface area contributed by atoms with Crippen LogP contribution in [0.5, 0.6) is 0 Å². The Morgan fingerprint density at radius 3 is 2.28 bits per heavy atom. The summed E-state index contributed by atoms with van der Waals surface area (Å²) in [5, 5.41) is 9.63. The number of hydrogen-bond acceptors (Lipinski definition) is 3. The van der Waals surface area contributed by atoms with E-state index in [0.29, 0.717) is 5.56 Å². The molecule has 1 aromatic rings. The summed E-state index contributed by atoms with van der Waals surface area (Å²) in [6.45, 7) is 10.3. The van der Waals surface area contributed by atoms with E-state index in [-0.39, 0.29) is 5.56 Å². The first kappa shape index (κ1) is 19.6. The molecule has 1 aliphatic rings. The van der Waals surface area contributed by atoms with Crippen LogP contribution in [0.25, 0.3) is 6.08 Å². The van der Waals surface area contributed by atoms with Crippen molar-refractivity contribution in [3.05, 3.63) is 40.9 Å². The van der Waals surface area contributed by atoms with Crippen LogP contribution < -0.4 is 0 Å². The van der Waals surface area contributed by atoms with E-state index in [1.807, 2.05) is 27.7 Å². The molecule has 1 heterocycles. The SMILES string of the molecule is CC(C)(O)C#Cc1cc(C=C(F)B2OC(C)(C)C(C)(C)O2)ccc1F. The molecule has 0 atom stereocenters. The summed E-state index contributed by atoms with van der Waals surface area (Å²) in [5.74, 6) is 4.57. The highest BCUT2D eigenvalue weighted by Crippen LogP contribution is 2.39. The maximum Gasteiger partial charge on any atom is 0.525 e. The maximum atomic E-state index is 14.5. The highest BCUT2D eigenvalue weighted by atomic mass is 19.1. The van der Waals surface area contributed by atoms with E-state index < -0.39 is 35.5 Å². The van der Waals surface area contributed by atoms with Crippen LogP contribution in [-0.4, -0.2) is 29.0 Å². The molecular weight excluding hydrogens is 325 g/mol. The number of aliphatic hydroxyl groups is 1. The van der Waals surface area contributed by atoms with Gasteiger partial charge in [0.25, 0.3) is 0 Å². The molecule has 1 N–H and O–H groups in total. The fourth-order valence-corrected chi connectivity index (χ4v) is 2.13. The van der Waals surface area contributed by atoms with Crippen molar-refractivity contribution in [2.75, 3.05) is 0 Å². The van der Waals surface area contributed by atoms with Crippen LogP contribution in [-0.2, 0) is 9.31 Å². The second-order valence-corrected chi connectivity index (χ2v) is 7.67. The Morgan fingerprint density at radius 1 is 1.20 bits per heavy atom. The van der Waals surface area contributed by atoms with Gasteiger partial charge in [-0.1, -0.05) is 17.9 Å². The van der Waals surface area contributed by atoms with Crippen molar-refractivity contribution in [1.82, 2.24) is 0 Å². The quantitative estimate of drug-likeness (QED) is 0.651. The van der Waals surface area contributed by atoms with Gasteiger partial charge in [0.2, 0.25) is 0 Å². The lowest BCUT2D eigenvalue weighted by molar-refractivity contribution is 0.00578. The summed E-state index contributed by atoms with van der Waals surface area (Å²) < 4.78 is 39.7. The van der Waals surface area contributed by atoms with Gasteiger partial charge >= 0.3 is 7.12 Å². The molecule has 134 valence electrons. The van der Waals surface area contributed by atoms with Crippen molar-refractivity contribution in [3.8, 4) is 11.8 Å². The van der Waals surface area contributed by atoms with Gasteiger partial charge in [0.05, 0.1) is 16.8 Å². The van der Waals surface area contributed by atoms with E-state index in [1.54, 1.807) is 0 Å². The molecule has 0 bridgehead atoms. The largest absolute Gasteiger partial charge is 0.525 e. The van der Waals surface area contributed by atoms with Crippen molar-refractivity contribution in [3.63, 3.8) is 0 Å². The highest BCUT2D eigenvalue weighted by Gasteiger charge is 2.53. The van der Waals surface area contributed by atoms with Crippen molar-refractivity contribution in [1.29, 1.82) is 0 Å². The van der Waals surface area contributed by atoms with Crippen LogP contribution in [0.15, 0.2) is 23.9 Å². The maximum absolute atomic E-state index is 14.5. The van der Waals surface area contributed by atoms with E-state index in [0.717, 1.165) is 0 Å². The molecule has 3 nitrogen and oxygen atoms in total. The van der Waals surface area contributed by atoms with Gasteiger partial charge in [-0.15, -0.1) is 0 Å². The molecule has 25 heavy (non-hydrogen) atoms. The normalized spacial score (nSPS) is 19.6. The smallest absolute Gasteiger partial charge is 0.398 e. The number of rotatable bonds is 2. The molecule has 0 saturated carbocycles. The molecule has 1 fully saturated rings. The van der Waals surface area contributed by atoms with Gasteiger partial charge in [-0.05, 0) is 65.3 Å². The van der Waals surface area contributed by atoms with E-state index in [2.05, 4.69) is 11.8 Å². The van der Waals surface area contributed by atoms with Crippen molar-refractivity contribution < 1.29 is 23.2 Å². The van der Waals surface area contributed by atoms with Gasteiger partial charge in [-0.3, -0.25) is 0 Å². The van der Waals surface area contributed by atoms with Gasteiger partial charge < -0.3 is 14.4 Å². The lowest BCUT2D eigenvalue weighted by Crippen LogP contribution is -2.41. The van der Waals surface area contributed by atoms with E-state index in [9.17, 15) is 13.9 Å². The minimum absolute atomic E-state index is 0.0811. The summed E-state index contributed by atoms with van der Waals surface area (Å²) in [4.78, 5) is 0. The molecule has 1 aliphatic heterocycles.